The molecule has 2 aromatic carbocycles. The molecule has 3 fully saturated rings. The van der Waals surface area contributed by atoms with Gasteiger partial charge in [0.15, 0.2) is 0 Å². The van der Waals surface area contributed by atoms with Crippen molar-refractivity contribution in [3.63, 3.8) is 0 Å². The highest BCUT2D eigenvalue weighted by Gasteiger charge is 2.64. The Morgan fingerprint density at radius 1 is 0.952 bits per heavy atom. The van der Waals surface area contributed by atoms with Crippen LogP contribution in [0.3, 0.4) is 0 Å². The summed E-state index contributed by atoms with van der Waals surface area (Å²) < 4.78 is 59.8. The van der Waals surface area contributed by atoms with E-state index in [-0.39, 0.29) is 62.9 Å². The maximum absolute atomic E-state index is 13.7. The topological polar surface area (TPSA) is 70.2 Å². The van der Waals surface area contributed by atoms with Gasteiger partial charge in [-0.05, 0) is 67.6 Å². The lowest BCUT2D eigenvalue weighted by Crippen LogP contribution is -2.57. The van der Waals surface area contributed by atoms with Crippen molar-refractivity contribution in [3.8, 4) is 5.75 Å². The van der Waals surface area contributed by atoms with E-state index in [1.165, 1.54) is 34.1 Å². The van der Waals surface area contributed by atoms with Crippen molar-refractivity contribution in [1.82, 2.24) is 14.7 Å². The van der Waals surface area contributed by atoms with Crippen LogP contribution in [0.15, 0.2) is 48.5 Å². The third kappa shape index (κ3) is 5.80. The van der Waals surface area contributed by atoms with E-state index in [4.69, 9.17) is 16.3 Å². The summed E-state index contributed by atoms with van der Waals surface area (Å²) in [4.78, 5) is 43.9. The monoisotopic (exact) mass is 609 g/mol. The first-order chi connectivity index (χ1) is 19.9. The molecule has 3 aliphatic rings. The smallest absolute Gasteiger partial charge is 0.410 e. The van der Waals surface area contributed by atoms with Gasteiger partial charge in [0.2, 0.25) is 11.8 Å². The number of hydrogen-bond donors (Lipinski definition) is 0. The summed E-state index contributed by atoms with van der Waals surface area (Å²) in [6.45, 7) is 0.719. The van der Waals surface area contributed by atoms with Crippen molar-refractivity contribution in [2.24, 2.45) is 11.3 Å². The predicted molar refractivity (Wildman–Crippen MR) is 146 cm³/mol. The van der Waals surface area contributed by atoms with Gasteiger partial charge in [0, 0.05) is 50.1 Å². The lowest BCUT2D eigenvalue weighted by molar-refractivity contribution is -0.249. The van der Waals surface area contributed by atoms with Crippen molar-refractivity contribution < 1.29 is 36.7 Å². The summed E-state index contributed by atoms with van der Waals surface area (Å²) in [6.07, 6.45) is -4.71. The van der Waals surface area contributed by atoms with Crippen LogP contribution >= 0.6 is 11.6 Å². The molecule has 0 aromatic heterocycles. The molecule has 2 aliphatic heterocycles. The van der Waals surface area contributed by atoms with Crippen LogP contribution in [0.2, 0.25) is 5.02 Å². The maximum Gasteiger partial charge on any atom is 0.415 e. The zero-order valence-corrected chi connectivity index (χ0v) is 23.8. The molecule has 2 atom stereocenters. The lowest BCUT2D eigenvalue weighted by Gasteiger charge is -2.45. The average Bonchev–Trinajstić information content (AvgIpc) is 3.38. The number of nitrogens with zero attached hydrogens (tertiary/aromatic N) is 3. The molecule has 12 heteroatoms. The molecule has 42 heavy (non-hydrogen) atoms. The Bertz CT molecular complexity index is 1310. The Hall–Kier alpha value is -3.34. The summed E-state index contributed by atoms with van der Waals surface area (Å²) >= 11 is 6.08. The molecule has 0 spiro atoms. The molecule has 0 unspecified atom stereocenters. The molecule has 1 saturated carbocycles. The van der Waals surface area contributed by atoms with E-state index in [1.807, 2.05) is 12.1 Å². The summed E-state index contributed by atoms with van der Waals surface area (Å²) in [6, 6.07) is 11.8. The molecule has 0 N–H and O–H groups in total. The molecule has 3 amide bonds. The second-order valence-electron chi connectivity index (χ2n) is 11.4. The van der Waals surface area contributed by atoms with Gasteiger partial charge in [0.1, 0.15) is 17.0 Å². The van der Waals surface area contributed by atoms with Crippen molar-refractivity contribution in [2.45, 2.75) is 50.2 Å². The predicted octanol–water partition coefficient (Wildman–Crippen LogP) is 5.88. The van der Waals surface area contributed by atoms with Crippen LogP contribution in [0, 0.1) is 17.2 Å². The fourth-order valence-corrected chi connectivity index (χ4v) is 6.37. The molecule has 0 radical (unpaired) electrons. The number of piperidine rings is 1. The highest BCUT2D eigenvalue weighted by molar-refractivity contribution is 6.30. The van der Waals surface area contributed by atoms with Crippen LogP contribution in [0.1, 0.15) is 43.6 Å². The molecule has 1 aliphatic carbocycles. The van der Waals surface area contributed by atoms with Crippen LogP contribution in [-0.2, 0) is 9.59 Å². The summed E-state index contributed by atoms with van der Waals surface area (Å²) in [5, 5.41) is 0.542. The van der Waals surface area contributed by atoms with E-state index in [1.54, 1.807) is 24.1 Å². The van der Waals surface area contributed by atoms with Crippen LogP contribution < -0.4 is 4.74 Å². The van der Waals surface area contributed by atoms with Gasteiger partial charge in [-0.15, -0.1) is 0 Å². The number of halogens is 5. The van der Waals surface area contributed by atoms with Gasteiger partial charge in [-0.25, -0.2) is 9.18 Å². The summed E-state index contributed by atoms with van der Waals surface area (Å²) in [5.74, 6) is -2.02. The molecule has 5 rings (SSSR count). The SMILES string of the molecule is CN(C(=O)Oc1ccc(F)cc1)[C@@H]1CN(C(=O)C2CCN(C(=O)C3(C(F)(F)F)CCC3)CC2)C[C@H]1c1ccc(Cl)cc1. The minimum absolute atomic E-state index is 0.0921. The minimum atomic E-state index is -4.58. The van der Waals surface area contributed by atoms with E-state index in [0.717, 1.165) is 5.56 Å². The Labute approximate surface area is 246 Å². The number of likely N-dealkylation sites (N-methyl/N-ethyl adjacent to an activating group) is 1. The number of amides is 3. The highest BCUT2D eigenvalue weighted by Crippen LogP contribution is 2.54. The highest BCUT2D eigenvalue weighted by atomic mass is 35.5. The van der Waals surface area contributed by atoms with Crippen LogP contribution in [0.25, 0.3) is 0 Å². The number of likely N-dealkylation sites (tertiary alicyclic amines) is 2. The van der Waals surface area contributed by atoms with Crippen molar-refractivity contribution >= 4 is 29.5 Å². The maximum atomic E-state index is 13.7. The Kier molecular flexibility index (Phi) is 8.42. The van der Waals surface area contributed by atoms with Crippen LogP contribution in [-0.4, -0.2) is 78.1 Å². The normalized spacial score (nSPS) is 22.4. The number of carbonyl (C=O) groups is 3. The first kappa shape index (κ1) is 30.1. The number of alkyl halides is 3. The second kappa shape index (κ2) is 11.7. The number of carbonyl (C=O) groups excluding carboxylic acids is 3. The van der Waals surface area contributed by atoms with Gasteiger partial charge < -0.3 is 19.4 Å². The van der Waals surface area contributed by atoms with Gasteiger partial charge in [0.05, 0.1) is 6.04 Å². The average molecular weight is 610 g/mol. The number of ether oxygens (including phenoxy) is 1. The Balaban J connectivity index is 1.26. The first-order valence-electron chi connectivity index (χ1n) is 14.0. The molecule has 7 nitrogen and oxygen atoms in total. The zero-order chi connectivity index (χ0) is 30.2. The first-order valence-corrected chi connectivity index (χ1v) is 14.4. The molecule has 2 aromatic rings. The van der Waals surface area contributed by atoms with Gasteiger partial charge >= 0.3 is 12.3 Å². The third-order valence-corrected chi connectivity index (χ3v) is 9.25. The van der Waals surface area contributed by atoms with Gasteiger partial charge in [-0.1, -0.05) is 30.2 Å². The Morgan fingerprint density at radius 2 is 1.57 bits per heavy atom. The minimum Gasteiger partial charge on any atom is -0.410 e. The molecule has 226 valence electrons. The third-order valence-electron chi connectivity index (χ3n) is 8.99. The summed E-state index contributed by atoms with van der Waals surface area (Å²) in [5.41, 5.74) is -1.41. The quantitative estimate of drug-likeness (QED) is 0.397. The van der Waals surface area contributed by atoms with E-state index < -0.39 is 41.4 Å². The molecule has 2 heterocycles. The zero-order valence-electron chi connectivity index (χ0n) is 23.1. The van der Waals surface area contributed by atoms with Crippen molar-refractivity contribution in [2.75, 3.05) is 33.2 Å². The van der Waals surface area contributed by atoms with E-state index in [0.29, 0.717) is 18.0 Å². The molecule has 2 saturated heterocycles. The number of hydrogen-bond acceptors (Lipinski definition) is 4. The fraction of sp³-hybridized carbons (Fsp3) is 0.500. The second-order valence-corrected chi connectivity index (χ2v) is 11.8. The van der Waals surface area contributed by atoms with Crippen molar-refractivity contribution in [1.29, 1.82) is 0 Å². The van der Waals surface area contributed by atoms with Gasteiger partial charge in [0.25, 0.3) is 0 Å². The van der Waals surface area contributed by atoms with Gasteiger partial charge in [-0.3, -0.25) is 9.59 Å². The molecule has 0 bridgehead atoms. The number of rotatable bonds is 5. The van der Waals surface area contributed by atoms with E-state index in [2.05, 4.69) is 0 Å². The van der Waals surface area contributed by atoms with Crippen molar-refractivity contribution in [3.05, 3.63) is 64.9 Å². The standard InChI is InChI=1S/C30H32ClF4N3O4/c1-36(28(41)42-23-9-7-22(32)8-10-23)25-18-38(17-24(25)19-3-5-21(31)6-4-19)26(39)20-11-15-37(16-12-20)27(40)29(13-2-14-29)30(33,34)35/h3-10,20,24-25H,2,11-18H2,1H3/t24-,25+/m0/s1. The van der Waals surface area contributed by atoms with E-state index in [9.17, 15) is 31.9 Å². The summed E-state index contributed by atoms with van der Waals surface area (Å²) in [7, 11) is 1.58. The lowest BCUT2D eigenvalue weighted by atomic mass is 9.67. The number of benzene rings is 2. The van der Waals surface area contributed by atoms with E-state index >= 15 is 0 Å². The Morgan fingerprint density at radius 3 is 2.12 bits per heavy atom. The fourth-order valence-electron chi connectivity index (χ4n) is 6.25. The van der Waals surface area contributed by atoms with Gasteiger partial charge in [-0.2, -0.15) is 13.2 Å². The van der Waals surface area contributed by atoms with Crippen LogP contribution in [0.5, 0.6) is 5.75 Å². The van der Waals surface area contributed by atoms with Crippen LogP contribution in [0.4, 0.5) is 22.4 Å². The molecular weight excluding hydrogens is 578 g/mol. The molecular formula is C30H32ClF4N3O4. The largest absolute Gasteiger partial charge is 0.415 e.